The monoisotopic (exact) mass is 347 g/mol. The van der Waals surface area contributed by atoms with Gasteiger partial charge >= 0.3 is 6.03 Å². The highest BCUT2D eigenvalue weighted by atomic mass is 19.1. The Morgan fingerprint density at radius 2 is 1.72 bits per heavy atom. The molecule has 2 rings (SSSR count). The Hall–Kier alpha value is -2.96. The number of carbonyl (C=O) groups excluding carboxylic acids is 2. The van der Waals surface area contributed by atoms with Gasteiger partial charge in [0.1, 0.15) is 11.6 Å². The smallest absolute Gasteiger partial charge is 0.319 e. The first kappa shape index (κ1) is 18.4. The number of aryl methyl sites for hydroxylation is 1. The van der Waals surface area contributed by atoms with Crippen molar-refractivity contribution in [1.29, 1.82) is 0 Å². The maximum absolute atomic E-state index is 13.8. The second-order valence-corrected chi connectivity index (χ2v) is 5.70. The molecule has 1 atom stereocenters. The summed E-state index contributed by atoms with van der Waals surface area (Å²) in [4.78, 5) is 23.1. The first-order valence-corrected chi connectivity index (χ1v) is 7.67. The minimum absolute atomic E-state index is 0.0777. The average molecular weight is 347 g/mol. The highest BCUT2D eigenvalue weighted by Crippen LogP contribution is 2.20. The Bertz CT molecular complexity index is 809. The molecule has 0 aliphatic heterocycles. The Balaban J connectivity index is 2.06. The molecule has 0 aliphatic rings. The van der Waals surface area contributed by atoms with E-state index < -0.39 is 17.9 Å². The lowest BCUT2D eigenvalue weighted by molar-refractivity contribution is -0.114. The van der Waals surface area contributed by atoms with Gasteiger partial charge in [-0.05, 0) is 49.2 Å². The van der Waals surface area contributed by atoms with Gasteiger partial charge in [-0.25, -0.2) is 13.6 Å². The molecule has 0 saturated carbocycles. The molecular weight excluding hydrogens is 328 g/mol. The molecular formula is C18H19F2N3O2. The third kappa shape index (κ3) is 5.00. The molecule has 2 aromatic carbocycles. The minimum Gasteiger partial charge on any atom is -0.331 e. The molecule has 5 nitrogen and oxygen atoms in total. The normalized spacial score (nSPS) is 11.6. The zero-order valence-corrected chi connectivity index (χ0v) is 14.1. The number of hydrogen-bond donors (Lipinski definition) is 3. The summed E-state index contributed by atoms with van der Waals surface area (Å²) in [5.74, 6) is -1.31. The molecule has 3 amide bonds. The standard InChI is InChI=1S/C18H19F2N3O2/c1-10-4-5-13(8-16(10)20)11(2)21-18(25)23-17-9-14(22-12(3)24)6-7-15(17)19/h4-9,11H,1-3H3,(H,22,24)(H2,21,23,25). The van der Waals surface area contributed by atoms with Crippen molar-refractivity contribution in [3.8, 4) is 0 Å². The lowest BCUT2D eigenvalue weighted by atomic mass is 10.1. The average Bonchev–Trinajstić information content (AvgIpc) is 2.52. The van der Waals surface area contributed by atoms with Crippen molar-refractivity contribution in [1.82, 2.24) is 5.32 Å². The van der Waals surface area contributed by atoms with Crippen LogP contribution < -0.4 is 16.0 Å². The van der Waals surface area contributed by atoms with Crippen LogP contribution in [-0.4, -0.2) is 11.9 Å². The van der Waals surface area contributed by atoms with E-state index in [2.05, 4.69) is 16.0 Å². The molecule has 0 spiro atoms. The van der Waals surface area contributed by atoms with Gasteiger partial charge < -0.3 is 16.0 Å². The number of amides is 3. The number of nitrogens with one attached hydrogen (secondary N) is 3. The molecule has 0 saturated heterocycles. The van der Waals surface area contributed by atoms with Gasteiger partial charge in [-0.3, -0.25) is 4.79 Å². The van der Waals surface area contributed by atoms with Crippen LogP contribution in [0.3, 0.4) is 0 Å². The van der Waals surface area contributed by atoms with Gasteiger partial charge in [-0.1, -0.05) is 12.1 Å². The van der Waals surface area contributed by atoms with E-state index in [-0.39, 0.29) is 17.4 Å². The molecule has 3 N–H and O–H groups in total. The molecule has 25 heavy (non-hydrogen) atoms. The fourth-order valence-corrected chi connectivity index (χ4v) is 2.22. The predicted molar refractivity (Wildman–Crippen MR) is 92.4 cm³/mol. The van der Waals surface area contributed by atoms with Crippen LogP contribution in [0.2, 0.25) is 0 Å². The first-order valence-electron chi connectivity index (χ1n) is 7.67. The van der Waals surface area contributed by atoms with Gasteiger partial charge in [0.25, 0.3) is 0 Å². The number of anilines is 2. The number of hydrogen-bond acceptors (Lipinski definition) is 2. The lowest BCUT2D eigenvalue weighted by Crippen LogP contribution is -2.31. The molecule has 0 aliphatic carbocycles. The molecule has 132 valence electrons. The Kier molecular flexibility index (Phi) is 5.69. The molecule has 7 heteroatoms. The largest absolute Gasteiger partial charge is 0.331 e. The van der Waals surface area contributed by atoms with E-state index >= 15 is 0 Å². The number of carbonyl (C=O) groups is 2. The van der Waals surface area contributed by atoms with E-state index in [9.17, 15) is 18.4 Å². The van der Waals surface area contributed by atoms with Crippen molar-refractivity contribution in [3.05, 3.63) is 59.2 Å². The molecule has 0 aromatic heterocycles. The van der Waals surface area contributed by atoms with Gasteiger partial charge in [0.15, 0.2) is 0 Å². The first-order chi connectivity index (χ1) is 11.8. The number of benzene rings is 2. The van der Waals surface area contributed by atoms with Crippen molar-refractivity contribution >= 4 is 23.3 Å². The van der Waals surface area contributed by atoms with E-state index in [0.29, 0.717) is 16.8 Å². The lowest BCUT2D eigenvalue weighted by Gasteiger charge is -2.16. The second kappa shape index (κ2) is 7.74. The highest BCUT2D eigenvalue weighted by Gasteiger charge is 2.13. The number of halogens is 2. The Labute approximate surface area is 144 Å². The second-order valence-electron chi connectivity index (χ2n) is 5.70. The summed E-state index contributed by atoms with van der Waals surface area (Å²) in [6.45, 7) is 4.66. The molecule has 2 aromatic rings. The van der Waals surface area contributed by atoms with Crippen LogP contribution in [0.5, 0.6) is 0 Å². The van der Waals surface area contributed by atoms with Crippen LogP contribution >= 0.6 is 0 Å². The SMILES string of the molecule is CC(=O)Nc1ccc(F)c(NC(=O)NC(C)c2ccc(C)c(F)c2)c1. The third-order valence-electron chi connectivity index (χ3n) is 3.58. The topological polar surface area (TPSA) is 70.2 Å². The minimum atomic E-state index is -0.646. The van der Waals surface area contributed by atoms with Gasteiger partial charge in [-0.2, -0.15) is 0 Å². The van der Waals surface area contributed by atoms with Crippen LogP contribution in [0.25, 0.3) is 0 Å². The van der Waals surface area contributed by atoms with Crippen LogP contribution in [0.15, 0.2) is 36.4 Å². The summed E-state index contributed by atoms with van der Waals surface area (Å²) in [6.07, 6.45) is 0. The zero-order valence-electron chi connectivity index (χ0n) is 14.1. The summed E-state index contributed by atoms with van der Waals surface area (Å²) >= 11 is 0. The van der Waals surface area contributed by atoms with E-state index in [4.69, 9.17) is 0 Å². The van der Waals surface area contributed by atoms with E-state index in [1.54, 1.807) is 26.0 Å². The number of urea groups is 1. The summed E-state index contributed by atoms with van der Waals surface area (Å²) < 4.78 is 27.4. The summed E-state index contributed by atoms with van der Waals surface area (Å²) in [7, 11) is 0. The molecule has 0 radical (unpaired) electrons. The molecule has 1 unspecified atom stereocenters. The van der Waals surface area contributed by atoms with Crippen molar-refractivity contribution in [2.45, 2.75) is 26.8 Å². The Morgan fingerprint density at radius 1 is 1.00 bits per heavy atom. The predicted octanol–water partition coefficient (Wildman–Crippen LogP) is 4.11. The maximum atomic E-state index is 13.8. The molecule has 0 bridgehead atoms. The Morgan fingerprint density at radius 3 is 2.36 bits per heavy atom. The van der Waals surface area contributed by atoms with Gasteiger partial charge in [0, 0.05) is 12.6 Å². The zero-order chi connectivity index (χ0) is 18.6. The van der Waals surface area contributed by atoms with Crippen molar-refractivity contribution < 1.29 is 18.4 Å². The number of rotatable bonds is 4. The van der Waals surface area contributed by atoms with Crippen LogP contribution in [0.4, 0.5) is 25.0 Å². The third-order valence-corrected chi connectivity index (χ3v) is 3.58. The highest BCUT2D eigenvalue weighted by molar-refractivity contribution is 5.92. The van der Waals surface area contributed by atoms with Crippen LogP contribution in [-0.2, 0) is 4.79 Å². The molecule has 0 heterocycles. The van der Waals surface area contributed by atoms with Gasteiger partial charge in [-0.15, -0.1) is 0 Å². The van der Waals surface area contributed by atoms with Crippen LogP contribution in [0, 0.1) is 18.6 Å². The van der Waals surface area contributed by atoms with Crippen molar-refractivity contribution in [3.63, 3.8) is 0 Å². The van der Waals surface area contributed by atoms with E-state index in [1.165, 1.54) is 25.1 Å². The van der Waals surface area contributed by atoms with Gasteiger partial charge in [0.2, 0.25) is 5.91 Å². The molecule has 0 fully saturated rings. The maximum Gasteiger partial charge on any atom is 0.319 e. The van der Waals surface area contributed by atoms with Crippen LogP contribution in [0.1, 0.15) is 31.0 Å². The van der Waals surface area contributed by atoms with E-state index in [0.717, 1.165) is 6.07 Å². The summed E-state index contributed by atoms with van der Waals surface area (Å²) in [6, 6.07) is 7.39. The van der Waals surface area contributed by atoms with Gasteiger partial charge in [0.05, 0.1) is 11.7 Å². The van der Waals surface area contributed by atoms with E-state index in [1.807, 2.05) is 0 Å². The fourth-order valence-electron chi connectivity index (χ4n) is 2.22. The van der Waals surface area contributed by atoms with Crippen molar-refractivity contribution in [2.75, 3.05) is 10.6 Å². The fraction of sp³-hybridized carbons (Fsp3) is 0.222. The quantitative estimate of drug-likeness (QED) is 0.779. The van der Waals surface area contributed by atoms with Crippen molar-refractivity contribution in [2.24, 2.45) is 0 Å². The summed E-state index contributed by atoms with van der Waals surface area (Å²) in [5.41, 5.74) is 1.38. The summed E-state index contributed by atoms with van der Waals surface area (Å²) in [5, 5.41) is 7.49.